The third kappa shape index (κ3) is 16.8. The smallest absolute Gasteiger partial charge is 0.261 e. The fraction of sp³-hybridized carbons (Fsp3) is 0.400. The van der Waals surface area contributed by atoms with Crippen molar-refractivity contribution >= 4 is 161 Å². The summed E-state index contributed by atoms with van der Waals surface area (Å²) in [6, 6.07) is 39.2. The number of fused-ring (bicyclic) bond motifs is 2. The van der Waals surface area contributed by atoms with Gasteiger partial charge in [0.15, 0.2) is 0 Å². The molecule has 10 nitrogen and oxygen atoms in total. The van der Waals surface area contributed by atoms with E-state index in [1.54, 1.807) is 47.8 Å². The van der Waals surface area contributed by atoms with Crippen molar-refractivity contribution in [2.24, 2.45) is 0 Å². The molecule has 0 atom stereocenters. The zero-order valence-electron chi connectivity index (χ0n) is 65.3. The molecule has 4 aliphatic heterocycles. The van der Waals surface area contributed by atoms with Crippen molar-refractivity contribution in [2.75, 3.05) is 36.6 Å². The van der Waals surface area contributed by atoms with Crippen LogP contribution >= 0.6 is 94.1 Å². The molecule has 0 N–H and O–H groups in total. The molecule has 4 aliphatic rings. The lowest BCUT2D eigenvalue weighted by atomic mass is 9.80. The summed E-state index contributed by atoms with van der Waals surface area (Å²) in [5, 5.41) is 3.72. The zero-order valence-corrected chi connectivity index (χ0v) is 71.8. The number of amides is 4. The molecule has 4 amide bonds. The molecule has 0 radical (unpaired) electrons. The molecule has 13 rings (SSSR count). The van der Waals surface area contributed by atoms with E-state index >= 15 is 19.2 Å². The van der Waals surface area contributed by atoms with Gasteiger partial charge >= 0.3 is 0 Å². The normalized spacial score (nSPS) is 15.2. The number of hydrogen-bond acceptors (Lipinski definition) is 16. The number of nitrogens with zero attached hydrogens (tertiary/aromatic N) is 2. The molecule has 9 aromatic rings. The van der Waals surface area contributed by atoms with Crippen molar-refractivity contribution in [2.45, 2.75) is 196 Å². The summed E-state index contributed by atoms with van der Waals surface area (Å²) in [6.07, 6.45) is 14.1. The van der Waals surface area contributed by atoms with Crippen molar-refractivity contribution in [3.8, 4) is 46.0 Å². The van der Waals surface area contributed by atoms with E-state index in [1.807, 2.05) is 126 Å². The molecule has 0 bridgehead atoms. The van der Waals surface area contributed by atoms with Gasteiger partial charge in [-0.05, 0) is 160 Å². The van der Waals surface area contributed by atoms with Gasteiger partial charge in [-0.15, -0.1) is 47.0 Å². The quantitative estimate of drug-likeness (QED) is 0.0192. The Kier molecular flexibility index (Phi) is 24.6. The van der Waals surface area contributed by atoms with Gasteiger partial charge in [-0.1, -0.05) is 244 Å². The number of hydrogen-bond donors (Lipinski definition) is 0. The van der Waals surface area contributed by atoms with Crippen molar-refractivity contribution < 1.29 is 38.1 Å². The van der Waals surface area contributed by atoms with Crippen LogP contribution in [0.1, 0.15) is 238 Å². The van der Waals surface area contributed by atoms with Crippen molar-refractivity contribution in [3.05, 3.63) is 191 Å². The average Bonchev–Trinajstić information content (AvgIpc) is 0.726. The van der Waals surface area contributed by atoms with Gasteiger partial charge in [0, 0.05) is 61.9 Å². The number of unbranched alkanes of at least 4 members (excludes halogenated alkanes) is 7. The number of rotatable bonds is 29. The Bertz CT molecular complexity index is 4760. The Morgan fingerprint density at radius 2 is 0.574 bits per heavy atom. The Morgan fingerprint density at radius 3 is 0.843 bits per heavy atom. The third-order valence-electron chi connectivity index (χ3n) is 20.2. The van der Waals surface area contributed by atoms with Crippen LogP contribution in [-0.2, 0) is 21.7 Å². The van der Waals surface area contributed by atoms with E-state index < -0.39 is 23.6 Å². The van der Waals surface area contributed by atoms with Crippen LogP contribution in [-0.4, -0.2) is 70.0 Å². The van der Waals surface area contributed by atoms with Crippen LogP contribution in [0.3, 0.4) is 0 Å². The van der Waals surface area contributed by atoms with Crippen molar-refractivity contribution in [3.63, 3.8) is 0 Å². The highest BCUT2D eigenvalue weighted by atomic mass is 32.3. The second-order valence-electron chi connectivity index (χ2n) is 32.4. The standard InChI is InChI=1S/C90H100N2O8S8/c1-17-20-23-25-46-102-83-84(103-47-26-24-21-18-2)108-86(107-83)85-105-81(101-16)82(106-85)104-48-27-45-92-79(95)63-51-67(99-59-40-32-55(33-41-59)89(10,11)12)73-71-65(97-57-36-28-53(29-37-57)87(4,5)6)49-61-69-62(78(94)91(77(61)93)44-22-19-3)50-66(98-58-38-30-54(31-39-58)88(7,8)9)72(75(69)71)74-68(52-64(80(92)96)70(63)76(73)74)100-60-42-34-56(35-43-60)90(13,14)15/h28-43,49-52H,17-27,44-48H2,1-16H3. The van der Waals surface area contributed by atoms with Crippen LogP contribution in [0.5, 0.6) is 46.0 Å². The molecule has 0 unspecified atom stereocenters. The summed E-state index contributed by atoms with van der Waals surface area (Å²) in [5.74, 6) is 4.28. The van der Waals surface area contributed by atoms with Gasteiger partial charge < -0.3 is 18.9 Å². The van der Waals surface area contributed by atoms with Gasteiger partial charge in [0.2, 0.25) is 0 Å². The first-order chi connectivity index (χ1) is 51.6. The summed E-state index contributed by atoms with van der Waals surface area (Å²) >= 11 is 15.3. The van der Waals surface area contributed by atoms with Gasteiger partial charge in [0.25, 0.3) is 23.6 Å². The van der Waals surface area contributed by atoms with E-state index in [4.69, 9.17) is 18.9 Å². The van der Waals surface area contributed by atoms with Gasteiger partial charge in [-0.2, -0.15) is 0 Å². The minimum atomic E-state index is -0.456. The van der Waals surface area contributed by atoms with E-state index in [2.05, 4.69) is 152 Å². The lowest BCUT2D eigenvalue weighted by molar-refractivity contribution is 0.0594. The monoisotopic (exact) mass is 1590 g/mol. The van der Waals surface area contributed by atoms with Crippen molar-refractivity contribution in [1.82, 2.24) is 9.80 Å². The fourth-order valence-electron chi connectivity index (χ4n) is 14.1. The SMILES string of the molecule is CCCCCCSC1=C(SCCCCCC)SC(=C2SC(SC)=C(SCCCN3C(=O)c4cc(Oc5ccc(C(C)(C)C)cc5)c5c6c(Oc7ccc(C(C)(C)C)cc7)cc7c8c(cc(Oc9ccc(C(C)(C)C)cc9)c(c9c(Oc%10ccc(C(C)(C)C)cc%10)cc(c4c59)C3=O)c86)C(=O)N(CCCC)C7=O)S2)S1. The minimum absolute atomic E-state index is 0.147. The highest BCUT2D eigenvalue weighted by molar-refractivity contribution is 8.45. The predicted octanol–water partition coefficient (Wildman–Crippen LogP) is 28.5. The van der Waals surface area contributed by atoms with E-state index in [9.17, 15) is 0 Å². The first-order valence-corrected chi connectivity index (χ1v) is 45.6. The highest BCUT2D eigenvalue weighted by Gasteiger charge is 2.42. The van der Waals surface area contributed by atoms with Crippen LogP contribution in [0.2, 0.25) is 0 Å². The Hall–Kier alpha value is -6.22. The molecule has 0 saturated carbocycles. The number of carbonyl (C=O) groups is 4. The first-order valence-electron chi connectivity index (χ1n) is 38.2. The molecular weight excluding hydrogens is 1490 g/mol. The van der Waals surface area contributed by atoms with Crippen LogP contribution in [0, 0.1) is 0 Å². The van der Waals surface area contributed by atoms with Crippen LogP contribution in [0.25, 0.3) is 43.1 Å². The summed E-state index contributed by atoms with van der Waals surface area (Å²) in [4.78, 5) is 66.4. The molecule has 4 heterocycles. The maximum Gasteiger partial charge on any atom is 0.261 e. The van der Waals surface area contributed by atoms with E-state index in [0.717, 1.165) is 40.2 Å². The number of thioether (sulfide) groups is 8. The number of benzene rings is 9. The molecule has 0 aliphatic carbocycles. The molecule has 18 heteroatoms. The van der Waals surface area contributed by atoms with Gasteiger partial charge in [-0.3, -0.25) is 29.0 Å². The molecule has 108 heavy (non-hydrogen) atoms. The molecule has 0 spiro atoms. The summed E-state index contributed by atoms with van der Waals surface area (Å²) in [5.41, 5.74) is 4.79. The fourth-order valence-corrected chi connectivity index (χ4v) is 25.8. The Balaban J connectivity index is 0.996. The Labute approximate surface area is 673 Å². The molecule has 0 saturated heterocycles. The Morgan fingerprint density at radius 1 is 0.315 bits per heavy atom. The topological polar surface area (TPSA) is 112 Å². The number of imide groups is 2. The summed E-state index contributed by atoms with van der Waals surface area (Å²) in [6.45, 7) is 32.9. The van der Waals surface area contributed by atoms with Crippen molar-refractivity contribution in [1.29, 1.82) is 0 Å². The minimum Gasteiger partial charge on any atom is -0.457 e. The van der Waals surface area contributed by atoms with Gasteiger partial charge in [0.05, 0.1) is 47.7 Å². The first kappa shape index (κ1) is 79.9. The second-order valence-corrected chi connectivity index (χ2v) is 42.2. The number of ether oxygens (including phenoxy) is 4. The lowest BCUT2D eigenvalue weighted by Crippen LogP contribution is -2.41. The molecule has 566 valence electrons. The summed E-state index contributed by atoms with van der Waals surface area (Å²) < 4.78 is 37.6. The molecule has 0 aromatic heterocycles. The third-order valence-corrected chi connectivity index (χ3v) is 31.9. The predicted molar refractivity (Wildman–Crippen MR) is 469 cm³/mol. The summed E-state index contributed by atoms with van der Waals surface area (Å²) in [7, 11) is 0. The van der Waals surface area contributed by atoms with Gasteiger partial charge in [0.1, 0.15) is 46.0 Å². The van der Waals surface area contributed by atoms with Crippen LogP contribution < -0.4 is 18.9 Å². The van der Waals surface area contributed by atoms with E-state index in [0.29, 0.717) is 96.2 Å². The molecular formula is C90H100N2O8S8. The number of carbonyl (C=O) groups excluding carboxylic acids is 4. The lowest BCUT2D eigenvalue weighted by Gasteiger charge is -2.32. The molecule has 0 fully saturated rings. The van der Waals surface area contributed by atoms with E-state index in [-0.39, 0.29) is 68.5 Å². The largest absolute Gasteiger partial charge is 0.457 e. The second kappa shape index (κ2) is 33.2. The van der Waals surface area contributed by atoms with Crippen LogP contribution in [0.15, 0.2) is 147 Å². The highest BCUT2D eigenvalue weighted by Crippen LogP contribution is 2.67. The van der Waals surface area contributed by atoms with Crippen LogP contribution in [0.4, 0.5) is 0 Å². The average molecular weight is 1590 g/mol. The van der Waals surface area contributed by atoms with Gasteiger partial charge in [-0.25, -0.2) is 0 Å². The maximum absolute atomic E-state index is 16.2. The molecule has 9 aromatic carbocycles. The maximum atomic E-state index is 16.2. The zero-order chi connectivity index (χ0) is 76.7. The van der Waals surface area contributed by atoms with E-state index in [1.165, 1.54) is 86.6 Å².